The van der Waals surface area contributed by atoms with Gasteiger partial charge in [0, 0.05) is 39.3 Å². The van der Waals surface area contributed by atoms with E-state index in [1.165, 1.54) is 0 Å². The smallest absolute Gasteiger partial charge is 0.450 e. The standard InChI is InChI=1S/C8H18N2O2.C2H4O3/c11-7-5-9-1-2-10(4-3-9)6-8-12;1-5-2(3)4/h11-12H,1-8H2;1H3,(H,3,4). The summed E-state index contributed by atoms with van der Waals surface area (Å²) in [6, 6.07) is 0. The average Bonchev–Trinajstić information content (AvgIpc) is 2.33. The lowest BCUT2D eigenvalue weighted by Gasteiger charge is -2.33. The van der Waals surface area contributed by atoms with Crippen LogP contribution >= 0.6 is 0 Å². The van der Waals surface area contributed by atoms with E-state index in [9.17, 15) is 0 Å². The zero-order valence-corrected chi connectivity index (χ0v) is 10.2. The molecule has 0 spiro atoms. The summed E-state index contributed by atoms with van der Waals surface area (Å²) in [6.07, 6.45) is -1.25. The summed E-state index contributed by atoms with van der Waals surface area (Å²) in [6.45, 7) is 6.13. The summed E-state index contributed by atoms with van der Waals surface area (Å²) < 4.78 is 3.67. The van der Waals surface area contributed by atoms with E-state index in [1.807, 2.05) is 0 Å². The topological polar surface area (TPSA) is 93.5 Å². The molecule has 0 atom stereocenters. The molecule has 1 aliphatic rings. The van der Waals surface area contributed by atoms with Crippen LogP contribution in [0.15, 0.2) is 0 Å². The van der Waals surface area contributed by atoms with Gasteiger partial charge >= 0.3 is 6.16 Å². The highest BCUT2D eigenvalue weighted by Gasteiger charge is 2.14. The molecule has 7 heteroatoms. The van der Waals surface area contributed by atoms with Gasteiger partial charge < -0.3 is 20.1 Å². The highest BCUT2D eigenvalue weighted by atomic mass is 16.6. The molecule has 1 heterocycles. The summed E-state index contributed by atoms with van der Waals surface area (Å²) in [5.74, 6) is 0. The van der Waals surface area contributed by atoms with E-state index in [0.717, 1.165) is 46.4 Å². The van der Waals surface area contributed by atoms with Crippen LogP contribution in [0.25, 0.3) is 0 Å². The van der Waals surface area contributed by atoms with Crippen molar-refractivity contribution in [1.82, 2.24) is 9.80 Å². The largest absolute Gasteiger partial charge is 0.505 e. The molecule has 0 amide bonds. The maximum atomic E-state index is 9.15. The fraction of sp³-hybridized carbons (Fsp3) is 0.900. The number of carboxylic acid groups (broad SMARTS) is 1. The third-order valence-electron chi connectivity index (χ3n) is 2.47. The predicted molar refractivity (Wildman–Crippen MR) is 62.1 cm³/mol. The molecular formula is C10H22N2O5. The second-order valence-electron chi connectivity index (χ2n) is 3.60. The Morgan fingerprint density at radius 2 is 1.35 bits per heavy atom. The van der Waals surface area contributed by atoms with Crippen LogP contribution in [0.4, 0.5) is 4.79 Å². The summed E-state index contributed by atoms with van der Waals surface area (Å²) >= 11 is 0. The van der Waals surface area contributed by atoms with Crippen LogP contribution in [0, 0.1) is 0 Å². The zero-order chi connectivity index (χ0) is 13.1. The van der Waals surface area contributed by atoms with Crippen LogP contribution in [0.2, 0.25) is 0 Å². The molecule has 0 saturated carbocycles. The van der Waals surface area contributed by atoms with E-state index in [0.29, 0.717) is 0 Å². The average molecular weight is 250 g/mol. The lowest BCUT2D eigenvalue weighted by Crippen LogP contribution is -2.47. The second-order valence-corrected chi connectivity index (χ2v) is 3.60. The molecule has 102 valence electrons. The summed E-state index contributed by atoms with van der Waals surface area (Å²) in [5, 5.41) is 24.9. The zero-order valence-electron chi connectivity index (χ0n) is 10.2. The Hall–Kier alpha value is -0.890. The summed E-state index contributed by atoms with van der Waals surface area (Å²) in [4.78, 5) is 13.6. The minimum Gasteiger partial charge on any atom is -0.450 e. The van der Waals surface area contributed by atoms with Gasteiger partial charge in [0.1, 0.15) is 0 Å². The highest BCUT2D eigenvalue weighted by molar-refractivity contribution is 5.56. The van der Waals surface area contributed by atoms with Crippen LogP contribution in [0.3, 0.4) is 0 Å². The van der Waals surface area contributed by atoms with Crippen molar-refractivity contribution in [3.05, 3.63) is 0 Å². The summed E-state index contributed by atoms with van der Waals surface area (Å²) in [5.41, 5.74) is 0. The van der Waals surface area contributed by atoms with Crippen LogP contribution < -0.4 is 0 Å². The molecule has 0 radical (unpaired) electrons. The number of rotatable bonds is 4. The van der Waals surface area contributed by atoms with E-state index in [4.69, 9.17) is 20.1 Å². The van der Waals surface area contributed by atoms with E-state index >= 15 is 0 Å². The first kappa shape index (κ1) is 16.1. The van der Waals surface area contributed by atoms with Crippen molar-refractivity contribution in [2.45, 2.75) is 0 Å². The van der Waals surface area contributed by atoms with Gasteiger partial charge in [-0.05, 0) is 0 Å². The lowest BCUT2D eigenvalue weighted by molar-refractivity contribution is 0.0984. The predicted octanol–water partition coefficient (Wildman–Crippen LogP) is -1.10. The van der Waals surface area contributed by atoms with Crippen molar-refractivity contribution in [3.8, 4) is 0 Å². The third-order valence-corrected chi connectivity index (χ3v) is 2.47. The van der Waals surface area contributed by atoms with Crippen LogP contribution in [0.1, 0.15) is 0 Å². The van der Waals surface area contributed by atoms with Crippen molar-refractivity contribution in [1.29, 1.82) is 0 Å². The molecule has 0 aromatic carbocycles. The maximum Gasteiger partial charge on any atom is 0.505 e. The number of piperazine rings is 1. The fourth-order valence-corrected chi connectivity index (χ4v) is 1.52. The third kappa shape index (κ3) is 8.87. The number of carbonyl (C=O) groups is 1. The van der Waals surface area contributed by atoms with Crippen molar-refractivity contribution in [2.24, 2.45) is 0 Å². The first-order valence-electron chi connectivity index (χ1n) is 5.57. The normalized spacial score (nSPS) is 17.1. The number of methoxy groups -OCH3 is 1. The molecule has 1 rings (SSSR count). The van der Waals surface area contributed by atoms with Gasteiger partial charge in [-0.3, -0.25) is 9.80 Å². The van der Waals surface area contributed by atoms with Crippen molar-refractivity contribution in [2.75, 3.05) is 59.6 Å². The van der Waals surface area contributed by atoms with Gasteiger partial charge in [0.15, 0.2) is 0 Å². The maximum absolute atomic E-state index is 9.15. The van der Waals surface area contributed by atoms with Gasteiger partial charge in [0.2, 0.25) is 0 Å². The Bertz CT molecular complexity index is 181. The molecule has 0 aromatic heterocycles. The van der Waals surface area contributed by atoms with E-state index in [-0.39, 0.29) is 13.2 Å². The number of nitrogens with zero attached hydrogens (tertiary/aromatic N) is 2. The minimum atomic E-state index is -1.25. The Labute approximate surface area is 101 Å². The number of hydrogen-bond acceptors (Lipinski definition) is 6. The van der Waals surface area contributed by atoms with E-state index < -0.39 is 6.16 Å². The number of aliphatic hydroxyl groups excluding tert-OH is 2. The lowest BCUT2D eigenvalue weighted by atomic mass is 10.3. The molecule has 3 N–H and O–H groups in total. The Morgan fingerprint density at radius 1 is 1.06 bits per heavy atom. The van der Waals surface area contributed by atoms with Crippen molar-refractivity contribution >= 4 is 6.16 Å². The quantitative estimate of drug-likeness (QED) is 0.545. The number of β-amino-alcohol motifs (C(OH)–C–C–N with tert-alkyl or cyclic N) is 2. The van der Waals surface area contributed by atoms with Gasteiger partial charge in [-0.15, -0.1) is 0 Å². The van der Waals surface area contributed by atoms with Gasteiger partial charge in [0.25, 0.3) is 0 Å². The molecule has 7 nitrogen and oxygen atoms in total. The first-order chi connectivity index (χ1) is 8.13. The first-order valence-corrected chi connectivity index (χ1v) is 5.57. The monoisotopic (exact) mass is 250 g/mol. The van der Waals surface area contributed by atoms with Gasteiger partial charge in [-0.25, -0.2) is 4.79 Å². The number of hydrogen-bond donors (Lipinski definition) is 3. The van der Waals surface area contributed by atoms with Gasteiger partial charge in [-0.2, -0.15) is 0 Å². The van der Waals surface area contributed by atoms with Crippen molar-refractivity contribution in [3.63, 3.8) is 0 Å². The van der Waals surface area contributed by atoms with Crippen LogP contribution in [-0.4, -0.2) is 90.9 Å². The molecule has 0 bridgehead atoms. The van der Waals surface area contributed by atoms with Gasteiger partial charge in [-0.1, -0.05) is 0 Å². The highest BCUT2D eigenvalue weighted by Crippen LogP contribution is 1.99. The molecule has 17 heavy (non-hydrogen) atoms. The van der Waals surface area contributed by atoms with Crippen LogP contribution in [0.5, 0.6) is 0 Å². The van der Waals surface area contributed by atoms with Gasteiger partial charge in [0.05, 0.1) is 20.3 Å². The molecule has 0 unspecified atom stereocenters. The SMILES string of the molecule is COC(=O)O.OCCN1CCN(CCO)CC1. The van der Waals surface area contributed by atoms with E-state index in [2.05, 4.69) is 14.5 Å². The van der Waals surface area contributed by atoms with E-state index in [1.54, 1.807) is 0 Å². The minimum absolute atomic E-state index is 0.250. The molecule has 1 saturated heterocycles. The number of aliphatic hydroxyl groups is 2. The Kier molecular flexibility index (Phi) is 9.74. The molecular weight excluding hydrogens is 228 g/mol. The molecule has 1 aliphatic heterocycles. The second kappa shape index (κ2) is 10.3. The fourth-order valence-electron chi connectivity index (χ4n) is 1.52. The van der Waals surface area contributed by atoms with Crippen LogP contribution in [-0.2, 0) is 4.74 Å². The molecule has 1 fully saturated rings. The van der Waals surface area contributed by atoms with Crippen molar-refractivity contribution < 1.29 is 24.9 Å². The molecule has 0 aliphatic carbocycles. The summed E-state index contributed by atoms with van der Waals surface area (Å²) in [7, 11) is 1.10. The Morgan fingerprint density at radius 3 is 1.53 bits per heavy atom. The molecule has 0 aromatic rings. The number of ether oxygens (including phenoxy) is 1. The Balaban J connectivity index is 0.000000437.